The molecule has 0 saturated heterocycles. The van der Waals surface area contributed by atoms with Crippen LogP contribution in [0.15, 0.2) is 0 Å². The SMILES string of the molecule is Cc1sc(NCC(=O)NC2CC2)nc1C(=O)O. The number of carbonyl (C=O) groups is 2. The van der Waals surface area contributed by atoms with Crippen LogP contribution in [0.3, 0.4) is 0 Å². The summed E-state index contributed by atoms with van der Waals surface area (Å²) in [5.41, 5.74) is 0.0418. The van der Waals surface area contributed by atoms with Crippen LogP contribution < -0.4 is 10.6 Å². The smallest absolute Gasteiger partial charge is 0.355 e. The van der Waals surface area contributed by atoms with Crippen molar-refractivity contribution in [3.8, 4) is 0 Å². The molecule has 3 N–H and O–H groups in total. The number of carboxylic acid groups (broad SMARTS) is 1. The minimum atomic E-state index is -1.05. The number of amides is 1. The Morgan fingerprint density at radius 2 is 2.24 bits per heavy atom. The third-order valence-corrected chi connectivity index (χ3v) is 3.27. The van der Waals surface area contributed by atoms with Crippen LogP contribution in [0.2, 0.25) is 0 Å². The summed E-state index contributed by atoms with van der Waals surface area (Å²) < 4.78 is 0. The fourth-order valence-electron chi connectivity index (χ4n) is 1.33. The van der Waals surface area contributed by atoms with Crippen LogP contribution in [-0.2, 0) is 4.79 Å². The van der Waals surface area contributed by atoms with Gasteiger partial charge in [-0.1, -0.05) is 0 Å². The molecule has 7 heteroatoms. The molecule has 0 bridgehead atoms. The van der Waals surface area contributed by atoms with Crippen LogP contribution in [0.4, 0.5) is 5.13 Å². The summed E-state index contributed by atoms with van der Waals surface area (Å²) in [5, 5.41) is 14.9. The van der Waals surface area contributed by atoms with E-state index in [0.29, 0.717) is 16.1 Å². The summed E-state index contributed by atoms with van der Waals surface area (Å²) in [6.45, 7) is 1.82. The first-order valence-electron chi connectivity index (χ1n) is 5.30. The van der Waals surface area contributed by atoms with Crippen molar-refractivity contribution in [3.05, 3.63) is 10.6 Å². The molecule has 1 aliphatic rings. The minimum Gasteiger partial charge on any atom is -0.476 e. The van der Waals surface area contributed by atoms with E-state index in [-0.39, 0.29) is 18.1 Å². The fraction of sp³-hybridized carbons (Fsp3) is 0.500. The zero-order valence-corrected chi connectivity index (χ0v) is 10.1. The molecule has 1 aromatic rings. The average molecular weight is 255 g/mol. The van der Waals surface area contributed by atoms with Crippen molar-refractivity contribution in [2.45, 2.75) is 25.8 Å². The van der Waals surface area contributed by atoms with Gasteiger partial charge in [-0.3, -0.25) is 4.79 Å². The minimum absolute atomic E-state index is 0.0418. The highest BCUT2D eigenvalue weighted by Gasteiger charge is 2.23. The maximum Gasteiger partial charge on any atom is 0.355 e. The van der Waals surface area contributed by atoms with E-state index in [1.807, 2.05) is 0 Å². The lowest BCUT2D eigenvalue weighted by Crippen LogP contribution is -2.31. The van der Waals surface area contributed by atoms with Gasteiger partial charge in [-0.25, -0.2) is 9.78 Å². The number of hydrogen-bond donors (Lipinski definition) is 3. The summed E-state index contributed by atoms with van der Waals surface area (Å²) in [5.74, 6) is -1.13. The second-order valence-electron chi connectivity index (χ2n) is 3.92. The van der Waals surface area contributed by atoms with Crippen LogP contribution in [0.25, 0.3) is 0 Å². The number of carbonyl (C=O) groups excluding carboxylic acids is 1. The molecule has 6 nitrogen and oxygen atoms in total. The molecule has 0 aliphatic heterocycles. The van der Waals surface area contributed by atoms with Crippen molar-refractivity contribution in [2.24, 2.45) is 0 Å². The Morgan fingerprint density at radius 1 is 1.53 bits per heavy atom. The Balaban J connectivity index is 1.87. The number of rotatable bonds is 5. The second kappa shape index (κ2) is 4.70. The Bertz CT molecular complexity index is 454. The molecule has 1 fully saturated rings. The summed E-state index contributed by atoms with van der Waals surface area (Å²) in [6, 6.07) is 0.330. The van der Waals surface area contributed by atoms with Crippen LogP contribution >= 0.6 is 11.3 Å². The molecule has 1 amide bonds. The maximum absolute atomic E-state index is 11.4. The first-order valence-corrected chi connectivity index (χ1v) is 6.12. The van der Waals surface area contributed by atoms with E-state index in [2.05, 4.69) is 15.6 Å². The van der Waals surface area contributed by atoms with Crippen molar-refractivity contribution in [3.63, 3.8) is 0 Å². The van der Waals surface area contributed by atoms with Crippen LogP contribution in [0.1, 0.15) is 28.2 Å². The van der Waals surface area contributed by atoms with E-state index >= 15 is 0 Å². The monoisotopic (exact) mass is 255 g/mol. The highest BCUT2D eigenvalue weighted by molar-refractivity contribution is 7.15. The van der Waals surface area contributed by atoms with Gasteiger partial charge in [0.2, 0.25) is 5.91 Å². The van der Waals surface area contributed by atoms with Crippen molar-refractivity contribution in [2.75, 3.05) is 11.9 Å². The van der Waals surface area contributed by atoms with Crippen molar-refractivity contribution in [1.29, 1.82) is 0 Å². The molecule has 17 heavy (non-hydrogen) atoms. The Kier molecular flexibility index (Phi) is 3.28. The van der Waals surface area contributed by atoms with Crippen molar-refractivity contribution < 1.29 is 14.7 Å². The summed E-state index contributed by atoms with van der Waals surface area (Å²) in [7, 11) is 0. The van der Waals surface area contributed by atoms with Crippen LogP contribution in [0, 0.1) is 6.92 Å². The predicted molar refractivity (Wildman–Crippen MR) is 63.5 cm³/mol. The molecule has 92 valence electrons. The van der Waals surface area contributed by atoms with Crippen LogP contribution in [0.5, 0.6) is 0 Å². The number of nitrogens with one attached hydrogen (secondary N) is 2. The van der Waals surface area contributed by atoms with E-state index in [1.54, 1.807) is 6.92 Å². The lowest BCUT2D eigenvalue weighted by Gasteiger charge is -2.03. The Hall–Kier alpha value is -1.63. The largest absolute Gasteiger partial charge is 0.476 e. The van der Waals surface area contributed by atoms with E-state index in [9.17, 15) is 9.59 Å². The van der Waals surface area contributed by atoms with Gasteiger partial charge in [0.1, 0.15) is 0 Å². The van der Waals surface area contributed by atoms with Gasteiger partial charge in [-0.2, -0.15) is 0 Å². The topological polar surface area (TPSA) is 91.3 Å². The molecule has 0 spiro atoms. The third kappa shape index (κ3) is 3.16. The van der Waals surface area contributed by atoms with Gasteiger partial charge in [-0.15, -0.1) is 11.3 Å². The summed E-state index contributed by atoms with van der Waals surface area (Å²) in [4.78, 5) is 26.7. The first kappa shape index (κ1) is 11.8. The average Bonchev–Trinajstić information content (AvgIpc) is 2.97. The van der Waals surface area contributed by atoms with E-state index in [0.717, 1.165) is 12.8 Å². The number of carboxylic acids is 1. The third-order valence-electron chi connectivity index (χ3n) is 2.34. The number of thiazole rings is 1. The lowest BCUT2D eigenvalue weighted by molar-refractivity contribution is -0.119. The molecule has 0 radical (unpaired) electrons. The van der Waals surface area contributed by atoms with Gasteiger partial charge in [-0.05, 0) is 19.8 Å². The zero-order valence-electron chi connectivity index (χ0n) is 9.32. The number of hydrogen-bond acceptors (Lipinski definition) is 5. The van der Waals surface area contributed by atoms with Gasteiger partial charge >= 0.3 is 5.97 Å². The normalized spacial score (nSPS) is 14.4. The predicted octanol–water partition coefficient (Wildman–Crippen LogP) is 0.840. The van der Waals surface area contributed by atoms with Crippen molar-refractivity contribution >= 4 is 28.3 Å². The van der Waals surface area contributed by atoms with Crippen LogP contribution in [-0.4, -0.2) is 34.6 Å². The van der Waals surface area contributed by atoms with E-state index < -0.39 is 5.97 Å². The number of aromatic carboxylic acids is 1. The van der Waals surface area contributed by atoms with Gasteiger partial charge in [0, 0.05) is 10.9 Å². The fourth-order valence-corrected chi connectivity index (χ4v) is 2.13. The van der Waals surface area contributed by atoms with E-state index in [4.69, 9.17) is 5.11 Å². The molecule has 0 atom stereocenters. The van der Waals surface area contributed by atoms with Crippen molar-refractivity contribution in [1.82, 2.24) is 10.3 Å². The summed E-state index contributed by atoms with van der Waals surface area (Å²) >= 11 is 1.24. The number of anilines is 1. The highest BCUT2D eigenvalue weighted by atomic mass is 32.1. The van der Waals surface area contributed by atoms with Gasteiger partial charge in [0.25, 0.3) is 0 Å². The standard InChI is InChI=1S/C10H13N3O3S/c1-5-8(9(15)16)13-10(17-5)11-4-7(14)12-6-2-3-6/h6H,2-4H2,1H3,(H,11,13)(H,12,14)(H,15,16). The molecule has 2 rings (SSSR count). The first-order chi connectivity index (χ1) is 8.06. The van der Waals surface area contributed by atoms with E-state index in [1.165, 1.54) is 11.3 Å². The summed E-state index contributed by atoms with van der Waals surface area (Å²) in [6.07, 6.45) is 2.09. The molecular formula is C10H13N3O3S. The highest BCUT2D eigenvalue weighted by Crippen LogP contribution is 2.22. The molecule has 1 aromatic heterocycles. The number of aromatic nitrogens is 1. The molecule has 0 aromatic carbocycles. The molecule has 0 unspecified atom stereocenters. The zero-order chi connectivity index (χ0) is 12.4. The Labute approximate surface area is 102 Å². The Morgan fingerprint density at radius 3 is 2.76 bits per heavy atom. The lowest BCUT2D eigenvalue weighted by atomic mass is 10.4. The van der Waals surface area contributed by atoms with Gasteiger partial charge in [0.15, 0.2) is 10.8 Å². The molecular weight excluding hydrogens is 242 g/mol. The van der Waals surface area contributed by atoms with Gasteiger partial charge in [0.05, 0.1) is 6.54 Å². The maximum atomic E-state index is 11.4. The quantitative estimate of drug-likeness (QED) is 0.725. The second-order valence-corrected chi connectivity index (χ2v) is 5.13. The molecule has 1 saturated carbocycles. The van der Waals surface area contributed by atoms with Gasteiger partial charge < -0.3 is 15.7 Å². The molecule has 1 heterocycles. The number of nitrogens with zero attached hydrogens (tertiary/aromatic N) is 1. The molecule has 1 aliphatic carbocycles. The number of aryl methyl sites for hydroxylation is 1.